The summed E-state index contributed by atoms with van der Waals surface area (Å²) in [6.45, 7) is 1.56. The molecule has 1 aromatic heterocycles. The van der Waals surface area contributed by atoms with Gasteiger partial charge in [-0.1, -0.05) is 5.16 Å². The number of rotatable bonds is 2. The second kappa shape index (κ2) is 3.48. The highest BCUT2D eigenvalue weighted by Crippen LogP contribution is 1.91. The van der Waals surface area contributed by atoms with Gasteiger partial charge in [-0.3, -0.25) is 4.79 Å². The van der Waals surface area contributed by atoms with Gasteiger partial charge < -0.3 is 5.32 Å². The summed E-state index contributed by atoms with van der Waals surface area (Å²) in [4.78, 5) is 11.1. The molecule has 0 aliphatic carbocycles. The minimum absolute atomic E-state index is 0.0668. The Morgan fingerprint density at radius 3 is 3.17 bits per heavy atom. The van der Waals surface area contributed by atoms with Gasteiger partial charge in [-0.25, -0.2) is 4.63 Å². The molecule has 1 rings (SSSR count). The Morgan fingerprint density at radius 1 is 1.92 bits per heavy atom. The van der Waals surface area contributed by atoms with Gasteiger partial charge in [-0.2, -0.15) is 5.26 Å². The van der Waals surface area contributed by atoms with E-state index in [0.29, 0.717) is 0 Å². The van der Waals surface area contributed by atoms with Crippen molar-refractivity contribution in [2.24, 2.45) is 0 Å². The van der Waals surface area contributed by atoms with Crippen LogP contribution in [0.4, 0.5) is 0 Å². The maximum atomic E-state index is 11.1. The first-order chi connectivity index (χ1) is 5.74. The van der Waals surface area contributed by atoms with Crippen molar-refractivity contribution in [2.45, 2.75) is 13.0 Å². The fraction of sp³-hybridized carbons (Fsp3) is 0.333. The van der Waals surface area contributed by atoms with Crippen LogP contribution in [0, 0.1) is 11.3 Å². The van der Waals surface area contributed by atoms with Crippen LogP contribution in [0.5, 0.6) is 0 Å². The molecular weight excluding hydrogens is 160 g/mol. The molecule has 1 amide bonds. The van der Waals surface area contributed by atoms with Crippen molar-refractivity contribution in [1.82, 2.24) is 15.6 Å². The number of aromatic nitrogens is 2. The normalized spacial score (nSPS) is 11.7. The summed E-state index contributed by atoms with van der Waals surface area (Å²) in [5.74, 6) is -0.467. The van der Waals surface area contributed by atoms with E-state index in [1.165, 1.54) is 6.20 Å². The average molecular weight is 166 g/mol. The lowest BCUT2D eigenvalue weighted by Gasteiger charge is -2.01. The highest BCUT2D eigenvalue weighted by atomic mass is 16.6. The molecule has 6 heteroatoms. The molecule has 62 valence electrons. The second-order valence-electron chi connectivity index (χ2n) is 2.12. The molecular formula is C6H6N4O2. The molecule has 0 radical (unpaired) electrons. The van der Waals surface area contributed by atoms with Crippen molar-refractivity contribution in [2.75, 3.05) is 0 Å². The van der Waals surface area contributed by atoms with E-state index in [1.807, 2.05) is 6.07 Å². The third-order valence-electron chi connectivity index (χ3n) is 1.14. The van der Waals surface area contributed by atoms with E-state index in [-0.39, 0.29) is 5.69 Å². The Morgan fingerprint density at radius 2 is 2.67 bits per heavy atom. The zero-order valence-electron chi connectivity index (χ0n) is 6.31. The molecule has 1 atom stereocenters. The fourth-order valence-electron chi connectivity index (χ4n) is 0.568. The first-order valence-corrected chi connectivity index (χ1v) is 3.22. The van der Waals surface area contributed by atoms with Gasteiger partial charge in [-0.15, -0.1) is 0 Å². The number of carbonyl (C=O) groups excluding carboxylic acids is 1. The van der Waals surface area contributed by atoms with Gasteiger partial charge in [0.15, 0.2) is 5.69 Å². The topological polar surface area (TPSA) is 91.8 Å². The summed E-state index contributed by atoms with van der Waals surface area (Å²) in [5.41, 5.74) is 0.0668. The maximum absolute atomic E-state index is 11.1. The van der Waals surface area contributed by atoms with Crippen molar-refractivity contribution in [3.63, 3.8) is 0 Å². The lowest BCUT2D eigenvalue weighted by Crippen LogP contribution is -2.31. The summed E-state index contributed by atoms with van der Waals surface area (Å²) in [5, 5.41) is 17.3. The van der Waals surface area contributed by atoms with Gasteiger partial charge in [0.05, 0.1) is 6.07 Å². The Balaban J connectivity index is 2.57. The van der Waals surface area contributed by atoms with E-state index in [1.54, 1.807) is 6.92 Å². The summed E-state index contributed by atoms with van der Waals surface area (Å²) in [6, 6.07) is 1.30. The molecule has 12 heavy (non-hydrogen) atoms. The number of hydrogen-bond donors (Lipinski definition) is 1. The van der Waals surface area contributed by atoms with Crippen LogP contribution in [-0.2, 0) is 0 Å². The minimum atomic E-state index is -0.547. The van der Waals surface area contributed by atoms with Gasteiger partial charge in [0.25, 0.3) is 5.91 Å². The lowest BCUT2D eigenvalue weighted by atomic mass is 10.3. The molecule has 0 aliphatic rings. The maximum Gasteiger partial charge on any atom is 0.276 e. The van der Waals surface area contributed by atoms with E-state index in [9.17, 15) is 4.79 Å². The van der Waals surface area contributed by atoms with Crippen molar-refractivity contribution in [3.8, 4) is 6.07 Å². The average Bonchev–Trinajstić information content (AvgIpc) is 2.56. The van der Waals surface area contributed by atoms with Crippen LogP contribution >= 0.6 is 0 Å². The number of nitrogens with zero attached hydrogens (tertiary/aromatic N) is 3. The minimum Gasteiger partial charge on any atom is -0.335 e. The summed E-state index contributed by atoms with van der Waals surface area (Å²) in [7, 11) is 0. The highest BCUT2D eigenvalue weighted by Gasteiger charge is 2.11. The molecule has 1 heterocycles. The van der Waals surface area contributed by atoms with Crippen LogP contribution in [0.25, 0.3) is 0 Å². The first kappa shape index (κ1) is 8.20. The Labute approximate surface area is 68.1 Å². The van der Waals surface area contributed by atoms with Gasteiger partial charge >= 0.3 is 0 Å². The molecule has 1 N–H and O–H groups in total. The van der Waals surface area contributed by atoms with Crippen LogP contribution in [0.15, 0.2) is 10.8 Å². The smallest absolute Gasteiger partial charge is 0.276 e. The Hall–Kier alpha value is -1.90. The van der Waals surface area contributed by atoms with Gasteiger partial charge in [0, 0.05) is 0 Å². The largest absolute Gasteiger partial charge is 0.335 e. The fourth-order valence-corrected chi connectivity index (χ4v) is 0.568. The summed E-state index contributed by atoms with van der Waals surface area (Å²) in [6.07, 6.45) is 1.18. The highest BCUT2D eigenvalue weighted by molar-refractivity contribution is 5.92. The molecule has 0 fully saturated rings. The van der Waals surface area contributed by atoms with Crippen molar-refractivity contribution >= 4 is 5.91 Å². The molecule has 0 aliphatic heterocycles. The van der Waals surface area contributed by atoms with E-state index in [2.05, 4.69) is 20.3 Å². The molecule has 0 saturated carbocycles. The monoisotopic (exact) mass is 166 g/mol. The summed E-state index contributed by atoms with van der Waals surface area (Å²) >= 11 is 0. The Kier molecular flexibility index (Phi) is 2.38. The van der Waals surface area contributed by atoms with Gasteiger partial charge in [0.1, 0.15) is 12.2 Å². The molecule has 0 aromatic carbocycles. The number of carbonyl (C=O) groups is 1. The third kappa shape index (κ3) is 1.79. The third-order valence-corrected chi connectivity index (χ3v) is 1.14. The first-order valence-electron chi connectivity index (χ1n) is 3.22. The van der Waals surface area contributed by atoms with Crippen LogP contribution in [0.1, 0.15) is 17.4 Å². The van der Waals surface area contributed by atoms with E-state index < -0.39 is 11.9 Å². The number of amides is 1. The Bertz CT molecular complexity index is 300. The number of nitrogens with one attached hydrogen (secondary N) is 1. The lowest BCUT2D eigenvalue weighted by molar-refractivity contribution is 0.0938. The zero-order chi connectivity index (χ0) is 8.97. The predicted molar refractivity (Wildman–Crippen MR) is 36.8 cm³/mol. The molecule has 0 unspecified atom stereocenters. The van der Waals surface area contributed by atoms with Crippen LogP contribution in [0.2, 0.25) is 0 Å². The van der Waals surface area contributed by atoms with Gasteiger partial charge in [0.2, 0.25) is 0 Å². The summed E-state index contributed by atoms with van der Waals surface area (Å²) < 4.78 is 4.21. The van der Waals surface area contributed by atoms with Gasteiger partial charge in [-0.05, 0) is 12.1 Å². The molecule has 0 spiro atoms. The van der Waals surface area contributed by atoms with E-state index >= 15 is 0 Å². The SMILES string of the molecule is C[C@@H](C#N)NC(=O)c1cnon1. The van der Waals surface area contributed by atoms with E-state index in [4.69, 9.17) is 5.26 Å². The van der Waals surface area contributed by atoms with Crippen molar-refractivity contribution < 1.29 is 9.42 Å². The quantitative estimate of drug-likeness (QED) is 0.651. The van der Waals surface area contributed by atoms with Crippen LogP contribution < -0.4 is 5.32 Å². The number of nitriles is 1. The molecule has 0 bridgehead atoms. The van der Waals surface area contributed by atoms with Crippen LogP contribution in [-0.4, -0.2) is 22.3 Å². The van der Waals surface area contributed by atoms with Crippen LogP contribution in [0.3, 0.4) is 0 Å². The van der Waals surface area contributed by atoms with Crippen molar-refractivity contribution in [3.05, 3.63) is 11.9 Å². The van der Waals surface area contributed by atoms with Crippen molar-refractivity contribution in [1.29, 1.82) is 5.26 Å². The zero-order valence-corrected chi connectivity index (χ0v) is 6.31. The predicted octanol–water partition coefficient (Wildman–Crippen LogP) is -0.289. The molecule has 0 saturated heterocycles. The molecule has 6 nitrogen and oxygen atoms in total. The molecule has 1 aromatic rings. The van der Waals surface area contributed by atoms with E-state index in [0.717, 1.165) is 0 Å². The number of hydrogen-bond acceptors (Lipinski definition) is 5. The standard InChI is InChI=1S/C6H6N4O2/c1-4(2-7)9-6(11)5-3-8-12-10-5/h3-4H,1H3,(H,9,11)/t4-/m0/s1. The second-order valence-corrected chi connectivity index (χ2v) is 2.12.